The minimum absolute atomic E-state index is 0.0159. The van der Waals surface area contributed by atoms with Crippen LogP contribution in [0.25, 0.3) is 0 Å². The molecule has 0 aromatic heterocycles. The van der Waals surface area contributed by atoms with Gasteiger partial charge in [0.2, 0.25) is 11.8 Å². The minimum atomic E-state index is -1.04. The molecule has 11 heteroatoms. The van der Waals surface area contributed by atoms with E-state index in [1.54, 1.807) is 33.2 Å². The van der Waals surface area contributed by atoms with Gasteiger partial charge >= 0.3 is 11.9 Å². The van der Waals surface area contributed by atoms with E-state index in [1.165, 1.54) is 0 Å². The van der Waals surface area contributed by atoms with Crippen LogP contribution < -0.4 is 15.4 Å². The highest BCUT2D eigenvalue weighted by atomic mass is 127. The van der Waals surface area contributed by atoms with Crippen LogP contribution in [-0.2, 0) is 30.5 Å². The van der Waals surface area contributed by atoms with Crippen molar-refractivity contribution in [3.8, 4) is 54.1 Å². The number of esters is 1. The average Bonchev–Trinajstić information content (AvgIpc) is 3.16. The van der Waals surface area contributed by atoms with Crippen LogP contribution in [0.15, 0.2) is 43.6 Å². The molecule has 312 valence electrons. The van der Waals surface area contributed by atoms with Gasteiger partial charge in [0.05, 0.1) is 13.7 Å². The summed E-state index contributed by atoms with van der Waals surface area (Å²) in [5.41, 5.74) is 1.06. The first-order valence-corrected chi connectivity index (χ1v) is 21.0. The number of halogens is 2. The lowest BCUT2D eigenvalue weighted by Crippen LogP contribution is -2.20. The first-order chi connectivity index (χ1) is 26.8. The predicted molar refractivity (Wildman–Crippen MR) is 250 cm³/mol. The summed E-state index contributed by atoms with van der Waals surface area (Å²) in [6, 6.07) is 7.66. The highest BCUT2D eigenvalue weighted by molar-refractivity contribution is 14.1. The standard InChI is InChI=1S/C14H18INO2.C8H12O2.C7H12INO.C6H8O2.2C5H8/c1-3-4-12(15)9-14(17)16-10-11-5-7-13(18-2)8-6-11;1-3-5-6-7-8(9)10-4-2;1-3-4-6(8)5-7(10)9-2;1-2-3-4-5-6(7)8;2*1-3-5-4-2/h5-9H,3-4,10H2,1-2H3,(H,16,17);3-5H2,1-2H3;5H,3-4H2,1-2H3,(H,9,10);2-3H2,1H3,(H,7,8);2*1H,4-5H2,2H3/b12-9-;;6-5-;;;. The van der Waals surface area contributed by atoms with Gasteiger partial charge in [-0.15, -0.1) is 24.7 Å². The summed E-state index contributed by atoms with van der Waals surface area (Å²) < 4.78 is 11.8. The fourth-order valence-electron chi connectivity index (χ4n) is 2.94. The largest absolute Gasteiger partial charge is 0.497 e. The Hall–Kier alpha value is -3.92. The van der Waals surface area contributed by atoms with Gasteiger partial charge in [0.25, 0.3) is 0 Å². The number of carboxylic acids is 1. The van der Waals surface area contributed by atoms with Crippen molar-refractivity contribution in [1.29, 1.82) is 0 Å². The number of carboxylic acid groups (broad SMARTS) is 1. The van der Waals surface area contributed by atoms with E-state index in [2.05, 4.69) is 118 Å². The van der Waals surface area contributed by atoms with Gasteiger partial charge in [-0.25, -0.2) is 9.59 Å². The Balaban J connectivity index is -0.000000199. The summed E-state index contributed by atoms with van der Waals surface area (Å²) in [4.78, 5) is 42.5. The highest BCUT2D eigenvalue weighted by Gasteiger charge is 2.00. The number of unbranched alkanes of at least 4 members (excludes halogenated alkanes) is 4. The lowest BCUT2D eigenvalue weighted by atomic mass is 10.2. The van der Waals surface area contributed by atoms with Gasteiger partial charge in [0.1, 0.15) is 5.75 Å². The van der Waals surface area contributed by atoms with E-state index < -0.39 is 11.9 Å². The molecule has 0 bridgehead atoms. The van der Waals surface area contributed by atoms with Crippen molar-refractivity contribution in [2.45, 2.75) is 132 Å². The number of hydrogen-bond acceptors (Lipinski definition) is 6. The number of amides is 2. The van der Waals surface area contributed by atoms with Crippen LogP contribution in [0.1, 0.15) is 131 Å². The Morgan fingerprint density at radius 1 is 0.714 bits per heavy atom. The fraction of sp³-hybridized carbons (Fsp3) is 0.511. The molecule has 0 saturated carbocycles. The van der Waals surface area contributed by atoms with E-state index in [1.807, 2.05) is 44.0 Å². The SMILES string of the molecule is C#CCCC.C#CCCC.CCC/C(I)=C/C(=O)NC.CCC/C(I)=C/C(=O)NCc1ccc(OC)cc1.CCCC#CC(=O)O.CCCC#CC(=O)OCC. The highest BCUT2D eigenvalue weighted by Crippen LogP contribution is 2.14. The maximum absolute atomic E-state index is 11.6. The van der Waals surface area contributed by atoms with Crippen molar-refractivity contribution in [3.05, 3.63) is 49.1 Å². The number of nitrogens with one attached hydrogen (secondary N) is 2. The van der Waals surface area contributed by atoms with Gasteiger partial charge in [-0.3, -0.25) is 9.59 Å². The molecule has 1 rings (SSSR count). The molecule has 0 spiro atoms. The summed E-state index contributed by atoms with van der Waals surface area (Å²) in [7, 11) is 3.27. The molecular weight excluding hydrogens is 934 g/mol. The van der Waals surface area contributed by atoms with Crippen LogP contribution in [0.3, 0.4) is 0 Å². The number of allylic oxidation sites excluding steroid dienone is 2. The third kappa shape index (κ3) is 56.8. The summed E-state index contributed by atoms with van der Waals surface area (Å²) in [5.74, 6) is 13.9. The van der Waals surface area contributed by atoms with E-state index in [9.17, 15) is 19.2 Å². The van der Waals surface area contributed by atoms with Crippen LogP contribution in [0, 0.1) is 48.4 Å². The second-order valence-electron chi connectivity index (χ2n) is 10.9. The van der Waals surface area contributed by atoms with Crippen molar-refractivity contribution in [2.75, 3.05) is 20.8 Å². The molecule has 0 fully saturated rings. The van der Waals surface area contributed by atoms with Crippen molar-refractivity contribution in [2.24, 2.45) is 0 Å². The number of methoxy groups -OCH3 is 1. The zero-order valence-corrected chi connectivity index (χ0v) is 39.5. The van der Waals surface area contributed by atoms with Gasteiger partial charge in [-0.2, -0.15) is 0 Å². The minimum Gasteiger partial charge on any atom is -0.497 e. The van der Waals surface area contributed by atoms with Crippen molar-refractivity contribution in [3.63, 3.8) is 0 Å². The topological polar surface area (TPSA) is 131 Å². The fourth-order valence-corrected chi connectivity index (χ4v) is 4.59. The molecule has 1 aromatic rings. The van der Waals surface area contributed by atoms with Gasteiger partial charge in [-0.1, -0.05) is 78.4 Å². The molecule has 1 aromatic carbocycles. The second kappa shape index (κ2) is 51.1. The Morgan fingerprint density at radius 2 is 1.16 bits per heavy atom. The zero-order chi connectivity index (χ0) is 43.8. The van der Waals surface area contributed by atoms with Crippen LogP contribution >= 0.6 is 45.2 Å². The van der Waals surface area contributed by atoms with Gasteiger partial charge in [0.15, 0.2) is 0 Å². The van der Waals surface area contributed by atoms with E-state index in [-0.39, 0.29) is 11.8 Å². The molecule has 0 unspecified atom stereocenters. The number of hydrogen-bond donors (Lipinski definition) is 3. The Bertz CT molecular complexity index is 1420. The molecule has 0 saturated heterocycles. The number of terminal acetylenes is 2. The molecule has 56 heavy (non-hydrogen) atoms. The van der Waals surface area contributed by atoms with Crippen LogP contribution in [0.2, 0.25) is 0 Å². The molecule has 0 heterocycles. The van der Waals surface area contributed by atoms with Gasteiger partial charge < -0.3 is 25.2 Å². The number of carbonyl (C=O) groups excluding carboxylic acids is 3. The van der Waals surface area contributed by atoms with Crippen LogP contribution in [-0.4, -0.2) is 49.6 Å². The summed E-state index contributed by atoms with van der Waals surface area (Å²) in [6.07, 6.45) is 24.5. The molecule has 3 N–H and O–H groups in total. The Morgan fingerprint density at radius 3 is 1.50 bits per heavy atom. The van der Waals surface area contributed by atoms with E-state index in [0.29, 0.717) is 19.6 Å². The van der Waals surface area contributed by atoms with Gasteiger partial charge in [0, 0.05) is 63.3 Å². The maximum Gasteiger partial charge on any atom is 0.384 e. The number of carbonyl (C=O) groups is 4. The van der Waals surface area contributed by atoms with Gasteiger partial charge in [-0.05, 0) is 115 Å². The van der Waals surface area contributed by atoms with Crippen molar-refractivity contribution < 1.29 is 33.8 Å². The van der Waals surface area contributed by atoms with E-state index in [4.69, 9.17) is 22.7 Å². The number of aliphatic carboxylic acids is 1. The first-order valence-electron chi connectivity index (χ1n) is 18.9. The van der Waals surface area contributed by atoms with E-state index in [0.717, 1.165) is 89.1 Å². The zero-order valence-electron chi connectivity index (χ0n) is 35.2. The number of benzene rings is 1. The average molecular weight is 1000 g/mol. The molecule has 0 radical (unpaired) electrons. The van der Waals surface area contributed by atoms with Crippen molar-refractivity contribution >= 4 is 68.9 Å². The smallest absolute Gasteiger partial charge is 0.384 e. The molecule has 9 nitrogen and oxygen atoms in total. The Labute approximate surface area is 367 Å². The summed E-state index contributed by atoms with van der Waals surface area (Å²) in [5, 5.41) is 13.4. The number of likely N-dealkylation sites (N-methyl/N-ethyl adjacent to an activating group) is 1. The second-order valence-corrected chi connectivity index (χ2v) is 13.7. The quantitative estimate of drug-likeness (QED) is 0.0556. The van der Waals surface area contributed by atoms with E-state index >= 15 is 0 Å². The molecule has 2 amide bonds. The first kappa shape index (κ1) is 61.3. The lowest BCUT2D eigenvalue weighted by molar-refractivity contribution is -0.136. The Kier molecular flexibility index (Phi) is 55.9. The molecule has 0 atom stereocenters. The monoisotopic (exact) mass is 1000 g/mol. The predicted octanol–water partition coefficient (Wildman–Crippen LogP) is 10.3. The van der Waals surface area contributed by atoms with Crippen LogP contribution in [0.5, 0.6) is 5.75 Å². The molecule has 0 aliphatic carbocycles. The molecular formula is C45H66I2N2O7. The molecule has 0 aliphatic rings. The maximum atomic E-state index is 11.6. The normalized spacial score (nSPS) is 9.16. The summed E-state index contributed by atoms with van der Waals surface area (Å²) in [6.45, 7) is 15.0. The summed E-state index contributed by atoms with van der Waals surface area (Å²) >= 11 is 4.38. The molecule has 0 aliphatic heterocycles. The lowest BCUT2D eigenvalue weighted by Gasteiger charge is -2.04. The number of rotatable bonds is 14. The van der Waals surface area contributed by atoms with Crippen LogP contribution in [0.4, 0.5) is 0 Å². The third-order valence-electron chi connectivity index (χ3n) is 5.63. The third-order valence-corrected chi connectivity index (χ3v) is 7.33. The van der Waals surface area contributed by atoms with Crippen molar-refractivity contribution in [1.82, 2.24) is 10.6 Å². The number of ether oxygens (including phenoxy) is 2.